The zero-order chi connectivity index (χ0) is 14.8. The standard InChI is InChI=1S/C16H33NO2S/c1-13(2)5-4-10-19-12-15(18)11-17-14-6-8-16(20-3)9-7-14/h13-18H,4-12H2,1-3H3. The fourth-order valence-electron chi connectivity index (χ4n) is 2.68. The topological polar surface area (TPSA) is 41.5 Å². The second-order valence-corrected chi connectivity index (χ2v) is 7.52. The van der Waals surface area contributed by atoms with Crippen LogP contribution in [0, 0.1) is 5.92 Å². The number of nitrogens with one attached hydrogen (secondary N) is 1. The van der Waals surface area contributed by atoms with Gasteiger partial charge in [0.05, 0.1) is 12.7 Å². The highest BCUT2D eigenvalue weighted by molar-refractivity contribution is 7.99. The summed E-state index contributed by atoms with van der Waals surface area (Å²) < 4.78 is 5.53. The average Bonchev–Trinajstić information content (AvgIpc) is 2.45. The minimum atomic E-state index is -0.368. The number of aliphatic hydroxyl groups excluding tert-OH is 1. The van der Waals surface area contributed by atoms with E-state index in [0.29, 0.717) is 19.2 Å². The summed E-state index contributed by atoms with van der Waals surface area (Å²) in [5, 5.41) is 14.2. The SMILES string of the molecule is CSC1CCC(NCC(O)COCCCC(C)C)CC1. The molecule has 0 bridgehead atoms. The maximum Gasteiger partial charge on any atom is 0.0897 e. The van der Waals surface area contributed by atoms with E-state index in [1.807, 2.05) is 11.8 Å². The van der Waals surface area contributed by atoms with Gasteiger partial charge in [-0.05, 0) is 50.7 Å². The zero-order valence-corrected chi connectivity index (χ0v) is 14.3. The van der Waals surface area contributed by atoms with Crippen LogP contribution in [0.15, 0.2) is 0 Å². The van der Waals surface area contributed by atoms with Crippen LogP contribution < -0.4 is 5.32 Å². The van der Waals surface area contributed by atoms with Crippen molar-refractivity contribution in [2.24, 2.45) is 5.92 Å². The monoisotopic (exact) mass is 303 g/mol. The summed E-state index contributed by atoms with van der Waals surface area (Å²) in [7, 11) is 0. The molecular formula is C16H33NO2S. The molecule has 120 valence electrons. The van der Waals surface area contributed by atoms with E-state index < -0.39 is 0 Å². The normalized spacial score (nSPS) is 25.1. The number of thioether (sulfide) groups is 1. The molecule has 1 saturated carbocycles. The van der Waals surface area contributed by atoms with E-state index in [1.54, 1.807) is 0 Å². The number of hydrogen-bond donors (Lipinski definition) is 2. The molecule has 0 spiro atoms. The highest BCUT2D eigenvalue weighted by Gasteiger charge is 2.20. The molecule has 0 aliphatic heterocycles. The molecule has 1 unspecified atom stereocenters. The van der Waals surface area contributed by atoms with Crippen LogP contribution in [0.5, 0.6) is 0 Å². The quantitative estimate of drug-likeness (QED) is 0.609. The molecule has 0 radical (unpaired) electrons. The molecule has 0 heterocycles. The van der Waals surface area contributed by atoms with Gasteiger partial charge in [-0.25, -0.2) is 0 Å². The molecule has 1 aliphatic carbocycles. The molecule has 0 amide bonds. The van der Waals surface area contributed by atoms with Crippen molar-refractivity contribution in [1.82, 2.24) is 5.32 Å². The van der Waals surface area contributed by atoms with Crippen LogP contribution in [0.1, 0.15) is 52.4 Å². The van der Waals surface area contributed by atoms with E-state index in [0.717, 1.165) is 24.2 Å². The molecule has 1 fully saturated rings. The molecule has 0 aromatic rings. The van der Waals surface area contributed by atoms with E-state index in [4.69, 9.17) is 4.74 Å². The van der Waals surface area contributed by atoms with Crippen molar-refractivity contribution >= 4 is 11.8 Å². The van der Waals surface area contributed by atoms with Crippen molar-refractivity contribution in [2.75, 3.05) is 26.0 Å². The van der Waals surface area contributed by atoms with Crippen LogP contribution in [0.25, 0.3) is 0 Å². The van der Waals surface area contributed by atoms with Crippen LogP contribution in [-0.2, 0) is 4.74 Å². The summed E-state index contributed by atoms with van der Waals surface area (Å²) in [6, 6.07) is 0.592. The Labute approximate surface area is 129 Å². The minimum Gasteiger partial charge on any atom is -0.389 e. The molecule has 3 nitrogen and oxygen atoms in total. The summed E-state index contributed by atoms with van der Waals surface area (Å²) in [6.07, 6.45) is 9.23. The third-order valence-corrected chi connectivity index (χ3v) is 5.17. The molecule has 0 saturated heterocycles. The maximum atomic E-state index is 9.89. The van der Waals surface area contributed by atoms with E-state index in [-0.39, 0.29) is 6.10 Å². The smallest absolute Gasteiger partial charge is 0.0897 e. The summed E-state index contributed by atoms with van der Waals surface area (Å²) >= 11 is 1.99. The number of hydrogen-bond acceptors (Lipinski definition) is 4. The van der Waals surface area contributed by atoms with Gasteiger partial charge < -0.3 is 15.2 Å². The lowest BCUT2D eigenvalue weighted by Crippen LogP contribution is -2.39. The first kappa shape index (κ1) is 18.3. The Morgan fingerprint density at radius 2 is 1.95 bits per heavy atom. The molecule has 2 N–H and O–H groups in total. The van der Waals surface area contributed by atoms with Gasteiger partial charge in [0.25, 0.3) is 0 Å². The van der Waals surface area contributed by atoms with E-state index >= 15 is 0 Å². The number of ether oxygens (including phenoxy) is 1. The molecule has 4 heteroatoms. The Balaban J connectivity index is 1.96. The molecule has 1 atom stereocenters. The highest BCUT2D eigenvalue weighted by Crippen LogP contribution is 2.26. The van der Waals surface area contributed by atoms with Gasteiger partial charge >= 0.3 is 0 Å². The second-order valence-electron chi connectivity index (χ2n) is 6.38. The lowest BCUT2D eigenvalue weighted by Gasteiger charge is -2.28. The summed E-state index contributed by atoms with van der Waals surface area (Å²) in [5.74, 6) is 0.738. The lowest BCUT2D eigenvalue weighted by atomic mass is 9.95. The first-order valence-electron chi connectivity index (χ1n) is 8.13. The van der Waals surface area contributed by atoms with Crippen molar-refractivity contribution in [2.45, 2.75) is 69.8 Å². The van der Waals surface area contributed by atoms with Crippen LogP contribution >= 0.6 is 11.8 Å². The molecule has 1 rings (SSSR count). The van der Waals surface area contributed by atoms with Gasteiger partial charge in [0.15, 0.2) is 0 Å². The lowest BCUT2D eigenvalue weighted by molar-refractivity contribution is 0.0329. The largest absolute Gasteiger partial charge is 0.389 e. The minimum absolute atomic E-state index is 0.368. The van der Waals surface area contributed by atoms with Gasteiger partial charge in [0, 0.05) is 24.4 Å². The Morgan fingerprint density at radius 1 is 1.25 bits per heavy atom. The Morgan fingerprint density at radius 3 is 2.55 bits per heavy atom. The third-order valence-electron chi connectivity index (χ3n) is 4.03. The van der Waals surface area contributed by atoms with Gasteiger partial charge in [0.2, 0.25) is 0 Å². The maximum absolute atomic E-state index is 9.89. The van der Waals surface area contributed by atoms with Crippen molar-refractivity contribution in [1.29, 1.82) is 0 Å². The van der Waals surface area contributed by atoms with Crippen molar-refractivity contribution < 1.29 is 9.84 Å². The van der Waals surface area contributed by atoms with Crippen molar-refractivity contribution in [3.63, 3.8) is 0 Å². The van der Waals surface area contributed by atoms with Crippen molar-refractivity contribution in [3.8, 4) is 0 Å². The Kier molecular flexibility index (Phi) is 9.95. The van der Waals surface area contributed by atoms with E-state index in [2.05, 4.69) is 25.4 Å². The van der Waals surface area contributed by atoms with E-state index in [1.165, 1.54) is 32.1 Å². The summed E-state index contributed by atoms with van der Waals surface area (Å²) in [4.78, 5) is 0. The van der Waals surface area contributed by atoms with Crippen LogP contribution in [-0.4, -0.2) is 48.5 Å². The predicted octanol–water partition coefficient (Wildman–Crippen LogP) is 3.06. The highest BCUT2D eigenvalue weighted by atomic mass is 32.2. The number of aliphatic hydroxyl groups is 1. The fraction of sp³-hybridized carbons (Fsp3) is 1.00. The van der Waals surface area contributed by atoms with Crippen molar-refractivity contribution in [3.05, 3.63) is 0 Å². The van der Waals surface area contributed by atoms with Crippen LogP contribution in [0.2, 0.25) is 0 Å². The van der Waals surface area contributed by atoms with Gasteiger partial charge in [0.1, 0.15) is 0 Å². The fourth-order valence-corrected chi connectivity index (χ4v) is 3.42. The molecule has 20 heavy (non-hydrogen) atoms. The summed E-state index contributed by atoms with van der Waals surface area (Å²) in [6.45, 7) is 6.35. The molecule has 0 aromatic heterocycles. The van der Waals surface area contributed by atoms with Gasteiger partial charge in [-0.3, -0.25) is 0 Å². The second kappa shape index (κ2) is 10.9. The van der Waals surface area contributed by atoms with E-state index in [9.17, 15) is 5.11 Å². The first-order chi connectivity index (χ1) is 9.61. The van der Waals surface area contributed by atoms with Gasteiger partial charge in [-0.15, -0.1) is 0 Å². The summed E-state index contributed by atoms with van der Waals surface area (Å²) in [5.41, 5.74) is 0. The predicted molar refractivity (Wildman–Crippen MR) is 88.5 cm³/mol. The van der Waals surface area contributed by atoms with Crippen LogP contribution in [0.4, 0.5) is 0 Å². The Hall–Kier alpha value is 0.230. The number of rotatable bonds is 10. The average molecular weight is 304 g/mol. The molecular weight excluding hydrogens is 270 g/mol. The zero-order valence-electron chi connectivity index (χ0n) is 13.4. The third kappa shape index (κ3) is 8.50. The molecule has 1 aliphatic rings. The van der Waals surface area contributed by atoms with Gasteiger partial charge in [-0.2, -0.15) is 11.8 Å². The first-order valence-corrected chi connectivity index (χ1v) is 9.42. The Bertz CT molecular complexity index is 231. The molecule has 0 aromatic carbocycles. The van der Waals surface area contributed by atoms with Crippen LogP contribution in [0.3, 0.4) is 0 Å². The van der Waals surface area contributed by atoms with Gasteiger partial charge in [-0.1, -0.05) is 13.8 Å².